The van der Waals surface area contributed by atoms with Gasteiger partial charge in [-0.3, -0.25) is 4.79 Å². The molecule has 5 heteroatoms. The van der Waals surface area contributed by atoms with Gasteiger partial charge in [-0.2, -0.15) is 0 Å². The van der Waals surface area contributed by atoms with E-state index in [9.17, 15) is 4.79 Å². The van der Waals surface area contributed by atoms with Crippen molar-refractivity contribution in [2.45, 2.75) is 13.0 Å². The molecule has 0 aromatic heterocycles. The van der Waals surface area contributed by atoms with Crippen LogP contribution in [0, 0.1) is 0 Å². The number of hydrogen-bond donors (Lipinski definition) is 1. The van der Waals surface area contributed by atoms with Crippen molar-refractivity contribution in [2.75, 3.05) is 19.6 Å². The predicted octanol–water partition coefficient (Wildman–Crippen LogP) is 2.30. The van der Waals surface area contributed by atoms with Gasteiger partial charge in [0.15, 0.2) is 0 Å². The first kappa shape index (κ1) is 14.5. The Bertz CT molecular complexity index is 400. The number of nitrogens with one attached hydrogen (secondary N) is 1. The molecule has 17 heavy (non-hydrogen) atoms. The molecule has 1 aliphatic heterocycles. The predicted molar refractivity (Wildman–Crippen MR) is 74.8 cm³/mol. The van der Waals surface area contributed by atoms with E-state index in [1.807, 2.05) is 29.2 Å². The normalized spacial score (nSPS) is 19.6. The molecule has 0 unspecified atom stereocenters. The maximum atomic E-state index is 12.2. The lowest BCUT2D eigenvalue weighted by molar-refractivity contribution is 0.0655. The third kappa shape index (κ3) is 3.44. The third-order valence-corrected chi connectivity index (χ3v) is 3.33. The zero-order valence-electron chi connectivity index (χ0n) is 9.65. The zero-order valence-corrected chi connectivity index (χ0v) is 12.1. The van der Waals surface area contributed by atoms with E-state index >= 15 is 0 Å². The van der Waals surface area contributed by atoms with Crippen LogP contribution in [0.25, 0.3) is 0 Å². The van der Waals surface area contributed by atoms with Gasteiger partial charge in [-0.1, -0.05) is 22.0 Å². The third-order valence-electron chi connectivity index (χ3n) is 2.83. The molecule has 1 N–H and O–H groups in total. The van der Waals surface area contributed by atoms with Crippen LogP contribution in [0.1, 0.15) is 17.3 Å². The average molecular weight is 320 g/mol. The molecule has 0 spiro atoms. The van der Waals surface area contributed by atoms with Crippen LogP contribution in [0.5, 0.6) is 0 Å². The molecule has 1 amide bonds. The summed E-state index contributed by atoms with van der Waals surface area (Å²) in [4.78, 5) is 14.2. The Kier molecular flexibility index (Phi) is 5.43. The highest BCUT2D eigenvalue weighted by atomic mass is 79.9. The smallest absolute Gasteiger partial charge is 0.254 e. The molecule has 0 saturated carbocycles. The maximum Gasteiger partial charge on any atom is 0.254 e. The van der Waals surface area contributed by atoms with Crippen LogP contribution in [-0.4, -0.2) is 36.5 Å². The minimum absolute atomic E-state index is 0. The standard InChI is InChI=1S/C12H15BrN2O.ClH/c1-9-8-14-5-6-15(9)12(16)10-3-2-4-11(13)7-10;/h2-4,7,9,14H,5-6,8H2,1H3;1H/t9-;/m1./s1. The van der Waals surface area contributed by atoms with E-state index in [1.165, 1.54) is 0 Å². The summed E-state index contributed by atoms with van der Waals surface area (Å²) in [5, 5.41) is 3.28. The van der Waals surface area contributed by atoms with E-state index in [0.29, 0.717) is 0 Å². The van der Waals surface area contributed by atoms with Crippen molar-refractivity contribution in [1.82, 2.24) is 10.2 Å². The fourth-order valence-electron chi connectivity index (χ4n) is 1.93. The van der Waals surface area contributed by atoms with Crippen molar-refractivity contribution in [1.29, 1.82) is 0 Å². The van der Waals surface area contributed by atoms with Crippen LogP contribution in [0.2, 0.25) is 0 Å². The van der Waals surface area contributed by atoms with E-state index in [2.05, 4.69) is 28.2 Å². The number of rotatable bonds is 1. The number of amides is 1. The highest BCUT2D eigenvalue weighted by Gasteiger charge is 2.23. The van der Waals surface area contributed by atoms with Gasteiger partial charge in [-0.25, -0.2) is 0 Å². The lowest BCUT2D eigenvalue weighted by Gasteiger charge is -2.34. The van der Waals surface area contributed by atoms with Crippen LogP contribution in [-0.2, 0) is 0 Å². The summed E-state index contributed by atoms with van der Waals surface area (Å²) in [7, 11) is 0. The first-order valence-corrected chi connectivity index (χ1v) is 6.25. The molecule has 1 aromatic rings. The molecule has 0 aliphatic carbocycles. The summed E-state index contributed by atoms with van der Waals surface area (Å²) in [6.07, 6.45) is 0. The second-order valence-corrected chi connectivity index (χ2v) is 4.98. The van der Waals surface area contributed by atoms with Gasteiger partial charge in [-0.15, -0.1) is 12.4 Å². The lowest BCUT2D eigenvalue weighted by atomic mass is 10.1. The van der Waals surface area contributed by atoms with Gasteiger partial charge in [0.2, 0.25) is 0 Å². The van der Waals surface area contributed by atoms with Crippen molar-refractivity contribution in [3.05, 3.63) is 34.3 Å². The molecule has 1 atom stereocenters. The summed E-state index contributed by atoms with van der Waals surface area (Å²) < 4.78 is 0.945. The maximum absolute atomic E-state index is 12.2. The largest absolute Gasteiger partial charge is 0.333 e. The summed E-state index contributed by atoms with van der Waals surface area (Å²) >= 11 is 3.39. The minimum Gasteiger partial charge on any atom is -0.333 e. The highest BCUT2D eigenvalue weighted by molar-refractivity contribution is 9.10. The fraction of sp³-hybridized carbons (Fsp3) is 0.417. The Morgan fingerprint density at radius 2 is 2.29 bits per heavy atom. The topological polar surface area (TPSA) is 32.3 Å². The SMILES string of the molecule is C[C@@H]1CNCCN1C(=O)c1cccc(Br)c1.Cl. The van der Waals surface area contributed by atoms with Crippen molar-refractivity contribution in [3.8, 4) is 0 Å². The van der Waals surface area contributed by atoms with Gasteiger partial charge < -0.3 is 10.2 Å². The number of benzene rings is 1. The number of piperazine rings is 1. The zero-order chi connectivity index (χ0) is 11.5. The van der Waals surface area contributed by atoms with Gasteiger partial charge in [0.25, 0.3) is 5.91 Å². The number of carbonyl (C=O) groups is 1. The van der Waals surface area contributed by atoms with E-state index in [1.54, 1.807) is 0 Å². The van der Waals surface area contributed by atoms with Crippen LogP contribution < -0.4 is 5.32 Å². The first-order valence-electron chi connectivity index (χ1n) is 5.46. The van der Waals surface area contributed by atoms with Crippen molar-refractivity contribution >= 4 is 34.2 Å². The Hall–Kier alpha value is -0.580. The molecule has 1 fully saturated rings. The van der Waals surface area contributed by atoms with Crippen LogP contribution in [0.15, 0.2) is 28.7 Å². The van der Waals surface area contributed by atoms with E-state index < -0.39 is 0 Å². The quantitative estimate of drug-likeness (QED) is 0.861. The molecule has 2 rings (SSSR count). The molecular weight excluding hydrogens is 304 g/mol. The molecule has 0 bridgehead atoms. The second kappa shape index (κ2) is 6.38. The number of nitrogens with zero attached hydrogens (tertiary/aromatic N) is 1. The Balaban J connectivity index is 0.00000144. The molecule has 1 saturated heterocycles. The average Bonchev–Trinajstić information content (AvgIpc) is 2.29. The van der Waals surface area contributed by atoms with Crippen LogP contribution in [0.3, 0.4) is 0 Å². The molecule has 1 aliphatic rings. The minimum atomic E-state index is 0. The summed E-state index contributed by atoms with van der Waals surface area (Å²) in [5.74, 6) is 0.121. The number of carbonyl (C=O) groups excluding carboxylic acids is 1. The fourth-order valence-corrected chi connectivity index (χ4v) is 2.33. The van der Waals surface area contributed by atoms with Crippen molar-refractivity contribution < 1.29 is 4.79 Å². The van der Waals surface area contributed by atoms with E-state index in [4.69, 9.17) is 0 Å². The summed E-state index contributed by atoms with van der Waals surface area (Å²) in [6, 6.07) is 7.82. The monoisotopic (exact) mass is 318 g/mol. The van der Waals surface area contributed by atoms with Gasteiger partial charge in [0.05, 0.1) is 0 Å². The Morgan fingerprint density at radius 1 is 1.53 bits per heavy atom. The molecule has 0 radical (unpaired) electrons. The first-order chi connectivity index (χ1) is 7.68. The molecule has 1 aromatic carbocycles. The van der Waals surface area contributed by atoms with Gasteiger partial charge in [0, 0.05) is 35.7 Å². The highest BCUT2D eigenvalue weighted by Crippen LogP contribution is 2.15. The molecule has 94 valence electrons. The Morgan fingerprint density at radius 3 is 2.94 bits per heavy atom. The number of hydrogen-bond acceptors (Lipinski definition) is 2. The molecule has 1 heterocycles. The second-order valence-electron chi connectivity index (χ2n) is 4.06. The Labute approximate surface area is 116 Å². The number of halogens is 2. The van der Waals surface area contributed by atoms with Crippen molar-refractivity contribution in [2.24, 2.45) is 0 Å². The van der Waals surface area contributed by atoms with Gasteiger partial charge >= 0.3 is 0 Å². The van der Waals surface area contributed by atoms with E-state index in [0.717, 1.165) is 29.7 Å². The molecular formula is C12H16BrClN2O. The molecule has 3 nitrogen and oxygen atoms in total. The summed E-state index contributed by atoms with van der Waals surface area (Å²) in [5.41, 5.74) is 0.753. The summed E-state index contributed by atoms with van der Waals surface area (Å²) in [6.45, 7) is 4.61. The van der Waals surface area contributed by atoms with E-state index in [-0.39, 0.29) is 24.4 Å². The lowest BCUT2D eigenvalue weighted by Crippen LogP contribution is -2.52. The van der Waals surface area contributed by atoms with Crippen molar-refractivity contribution in [3.63, 3.8) is 0 Å². The van der Waals surface area contributed by atoms with Gasteiger partial charge in [0.1, 0.15) is 0 Å². The van der Waals surface area contributed by atoms with Crippen LogP contribution in [0.4, 0.5) is 0 Å². The van der Waals surface area contributed by atoms with Crippen LogP contribution >= 0.6 is 28.3 Å². The van der Waals surface area contributed by atoms with Gasteiger partial charge in [-0.05, 0) is 25.1 Å².